The third-order valence-corrected chi connectivity index (χ3v) is 5.33. The molecule has 1 aromatic carbocycles. The van der Waals surface area contributed by atoms with E-state index in [-0.39, 0.29) is 0 Å². The summed E-state index contributed by atoms with van der Waals surface area (Å²) < 4.78 is 3.42. The van der Waals surface area contributed by atoms with Gasteiger partial charge >= 0.3 is 0 Å². The van der Waals surface area contributed by atoms with E-state index in [2.05, 4.69) is 57.9 Å². The van der Waals surface area contributed by atoms with Crippen molar-refractivity contribution in [3.8, 4) is 11.3 Å². The van der Waals surface area contributed by atoms with Crippen LogP contribution in [0.3, 0.4) is 0 Å². The molecule has 21 heavy (non-hydrogen) atoms. The summed E-state index contributed by atoms with van der Waals surface area (Å²) in [5.41, 5.74) is 3.68. The maximum absolute atomic E-state index is 4.87. The highest BCUT2D eigenvalue weighted by Gasteiger charge is 2.20. The minimum atomic E-state index is 0.790. The maximum atomic E-state index is 4.87. The van der Waals surface area contributed by atoms with E-state index < -0.39 is 0 Å². The maximum Gasteiger partial charge on any atom is 0.0827 e. The summed E-state index contributed by atoms with van der Waals surface area (Å²) in [6, 6.07) is 10.6. The van der Waals surface area contributed by atoms with Gasteiger partial charge in [0, 0.05) is 12.1 Å². The Morgan fingerprint density at radius 3 is 2.52 bits per heavy atom. The molecule has 3 heteroatoms. The quantitative estimate of drug-likeness (QED) is 0.719. The van der Waals surface area contributed by atoms with Crippen molar-refractivity contribution >= 4 is 15.9 Å². The van der Waals surface area contributed by atoms with Gasteiger partial charge in [0.1, 0.15) is 0 Å². The molecule has 0 atom stereocenters. The molecule has 0 aliphatic heterocycles. The summed E-state index contributed by atoms with van der Waals surface area (Å²) in [5.74, 6) is 0.790. The summed E-state index contributed by atoms with van der Waals surface area (Å²) >= 11 is 3.78. The van der Waals surface area contributed by atoms with Gasteiger partial charge in [-0.05, 0) is 41.1 Å². The first-order chi connectivity index (χ1) is 10.3. The van der Waals surface area contributed by atoms with Gasteiger partial charge < -0.3 is 0 Å². The Kier molecular flexibility index (Phi) is 4.79. The molecule has 0 saturated heterocycles. The molecule has 2 aromatic rings. The molecule has 1 fully saturated rings. The van der Waals surface area contributed by atoms with E-state index in [9.17, 15) is 0 Å². The number of benzene rings is 1. The molecule has 2 nitrogen and oxygen atoms in total. The highest BCUT2D eigenvalue weighted by atomic mass is 79.9. The number of halogens is 1. The zero-order chi connectivity index (χ0) is 14.7. The molecule has 3 rings (SSSR count). The Morgan fingerprint density at radius 1 is 1.14 bits per heavy atom. The molecule has 1 aliphatic rings. The second kappa shape index (κ2) is 6.78. The third-order valence-electron chi connectivity index (χ3n) is 4.50. The molecule has 0 amide bonds. The van der Waals surface area contributed by atoms with Gasteiger partial charge in [-0.25, -0.2) is 0 Å². The smallest absolute Gasteiger partial charge is 0.0827 e. The first-order valence-corrected chi connectivity index (χ1v) is 8.89. The van der Waals surface area contributed by atoms with E-state index in [1.807, 2.05) is 0 Å². The highest BCUT2D eigenvalue weighted by Crippen LogP contribution is 2.33. The Balaban J connectivity index is 1.95. The molecule has 0 spiro atoms. The predicted molar refractivity (Wildman–Crippen MR) is 91.3 cm³/mol. The molecule has 1 aliphatic carbocycles. The van der Waals surface area contributed by atoms with Crippen molar-refractivity contribution in [1.29, 1.82) is 0 Å². The molecule has 0 unspecified atom stereocenters. The summed E-state index contributed by atoms with van der Waals surface area (Å²) in [6.07, 6.45) is 7.85. The summed E-state index contributed by atoms with van der Waals surface area (Å²) in [4.78, 5) is 0. The molecule has 0 N–H and O–H groups in total. The molecule has 0 radical (unpaired) electrons. The number of aromatic nitrogens is 2. The lowest BCUT2D eigenvalue weighted by atomic mass is 9.89. The Bertz CT molecular complexity index is 583. The number of hydrogen-bond donors (Lipinski definition) is 0. The standard InChI is InChI=1S/C18H23BrN2/c1-2-16-17(19)18(15-11-7-4-8-12-15)21(20-16)13-14-9-5-3-6-10-14/h4,7-8,11-12,14H,2-3,5-6,9-10,13H2,1H3. The van der Waals surface area contributed by atoms with E-state index in [0.717, 1.165) is 18.9 Å². The Morgan fingerprint density at radius 2 is 1.86 bits per heavy atom. The molecular weight excluding hydrogens is 324 g/mol. The Hall–Kier alpha value is -1.09. The van der Waals surface area contributed by atoms with Gasteiger partial charge in [0.2, 0.25) is 0 Å². The SMILES string of the molecule is CCc1nn(CC2CCCCC2)c(-c2ccccc2)c1Br. The summed E-state index contributed by atoms with van der Waals surface area (Å²) in [7, 11) is 0. The van der Waals surface area contributed by atoms with Gasteiger partial charge in [0.05, 0.1) is 15.9 Å². The second-order valence-corrected chi connectivity index (χ2v) is 6.81. The topological polar surface area (TPSA) is 17.8 Å². The van der Waals surface area contributed by atoms with Gasteiger partial charge in [0.15, 0.2) is 0 Å². The monoisotopic (exact) mass is 346 g/mol. The molecule has 1 heterocycles. The summed E-state index contributed by atoms with van der Waals surface area (Å²) in [6.45, 7) is 3.23. The van der Waals surface area contributed by atoms with Crippen molar-refractivity contribution in [3.05, 3.63) is 40.5 Å². The molecule has 1 aromatic heterocycles. The average molecular weight is 347 g/mol. The van der Waals surface area contributed by atoms with Crippen LogP contribution in [-0.4, -0.2) is 9.78 Å². The van der Waals surface area contributed by atoms with Gasteiger partial charge in [-0.3, -0.25) is 4.68 Å². The van der Waals surface area contributed by atoms with Crippen molar-refractivity contribution in [2.45, 2.75) is 52.0 Å². The lowest BCUT2D eigenvalue weighted by Crippen LogP contribution is -2.16. The lowest BCUT2D eigenvalue weighted by molar-refractivity contribution is 0.309. The average Bonchev–Trinajstić information content (AvgIpc) is 2.85. The number of rotatable bonds is 4. The number of hydrogen-bond acceptors (Lipinski definition) is 1. The fourth-order valence-corrected chi connectivity index (χ4v) is 4.13. The lowest BCUT2D eigenvalue weighted by Gasteiger charge is -2.22. The van der Waals surface area contributed by atoms with Gasteiger partial charge in [-0.15, -0.1) is 0 Å². The van der Waals surface area contributed by atoms with E-state index in [1.54, 1.807) is 0 Å². The summed E-state index contributed by atoms with van der Waals surface area (Å²) in [5, 5.41) is 4.87. The highest BCUT2D eigenvalue weighted by molar-refractivity contribution is 9.10. The van der Waals surface area contributed by atoms with E-state index in [4.69, 9.17) is 5.10 Å². The van der Waals surface area contributed by atoms with E-state index in [0.29, 0.717) is 0 Å². The minimum absolute atomic E-state index is 0.790. The Labute approximate surface area is 135 Å². The van der Waals surface area contributed by atoms with Crippen LogP contribution in [0.15, 0.2) is 34.8 Å². The molecule has 1 saturated carbocycles. The molecule has 0 bridgehead atoms. The van der Waals surface area contributed by atoms with Crippen molar-refractivity contribution in [2.24, 2.45) is 5.92 Å². The van der Waals surface area contributed by atoms with Gasteiger partial charge in [0.25, 0.3) is 0 Å². The normalized spacial score (nSPS) is 16.3. The largest absolute Gasteiger partial charge is 0.263 e. The van der Waals surface area contributed by atoms with E-state index in [1.165, 1.54) is 53.5 Å². The first kappa shape index (κ1) is 14.8. The number of aryl methyl sites for hydroxylation is 1. The molecule has 112 valence electrons. The second-order valence-electron chi connectivity index (χ2n) is 6.02. The predicted octanol–water partition coefficient (Wildman–Crippen LogP) is 5.46. The van der Waals surface area contributed by atoms with Crippen molar-refractivity contribution in [3.63, 3.8) is 0 Å². The van der Waals surface area contributed by atoms with Gasteiger partial charge in [-0.2, -0.15) is 5.10 Å². The van der Waals surface area contributed by atoms with Crippen LogP contribution < -0.4 is 0 Å². The fourth-order valence-electron chi connectivity index (χ4n) is 3.33. The van der Waals surface area contributed by atoms with E-state index >= 15 is 0 Å². The van der Waals surface area contributed by atoms with Crippen LogP contribution in [0.5, 0.6) is 0 Å². The van der Waals surface area contributed by atoms with Crippen LogP contribution in [0.2, 0.25) is 0 Å². The van der Waals surface area contributed by atoms with Crippen molar-refractivity contribution in [1.82, 2.24) is 9.78 Å². The van der Waals surface area contributed by atoms with Gasteiger partial charge in [-0.1, -0.05) is 56.5 Å². The van der Waals surface area contributed by atoms with Crippen LogP contribution in [0.1, 0.15) is 44.7 Å². The zero-order valence-corrected chi connectivity index (χ0v) is 14.3. The minimum Gasteiger partial charge on any atom is -0.263 e. The zero-order valence-electron chi connectivity index (χ0n) is 12.7. The van der Waals surface area contributed by atoms with Crippen molar-refractivity contribution < 1.29 is 0 Å². The van der Waals surface area contributed by atoms with Crippen LogP contribution in [0.25, 0.3) is 11.3 Å². The van der Waals surface area contributed by atoms with Crippen LogP contribution in [0, 0.1) is 5.92 Å². The fraction of sp³-hybridized carbons (Fsp3) is 0.500. The van der Waals surface area contributed by atoms with Crippen LogP contribution in [0.4, 0.5) is 0 Å². The molecular formula is C18H23BrN2. The van der Waals surface area contributed by atoms with Crippen LogP contribution >= 0.6 is 15.9 Å². The third kappa shape index (κ3) is 3.23. The van der Waals surface area contributed by atoms with Crippen LogP contribution in [-0.2, 0) is 13.0 Å². The first-order valence-electron chi connectivity index (χ1n) is 8.10. The van der Waals surface area contributed by atoms with Crippen molar-refractivity contribution in [2.75, 3.05) is 0 Å². The number of nitrogens with zero attached hydrogens (tertiary/aromatic N) is 2.